The number of hydrogen-bond acceptors (Lipinski definition) is 5. The lowest BCUT2D eigenvalue weighted by Crippen LogP contribution is -2.49. The number of rotatable bonds is 23. The molecule has 0 aliphatic rings. The standard InChI is InChI=1S/C64H58O5/c1-10-28-51(29-11-1)46-65-60(49-68-63(54-34-16-4-17-35-54,55-36-18-5-19-37-55)56-38-20-6-21-39-56)62(67-48-53-32-14-3-15-33-53)61(66-47-52-30-12-2-13-31-52)50-69-64(57-40-22-7-23-41-57,58-42-24-8-25-43-58)59-44-26-9-27-45-59/h1-45,60-62H,46-50H2/t60-,61-/m0/s1. The highest BCUT2D eigenvalue weighted by molar-refractivity contribution is 5.49. The molecule has 0 bridgehead atoms. The van der Waals surface area contributed by atoms with E-state index in [9.17, 15) is 0 Å². The summed E-state index contributed by atoms with van der Waals surface area (Å²) in [6, 6.07) is 93.5. The first-order chi connectivity index (χ1) is 34.2. The van der Waals surface area contributed by atoms with Gasteiger partial charge in [-0.3, -0.25) is 0 Å². The van der Waals surface area contributed by atoms with Crippen molar-refractivity contribution in [1.82, 2.24) is 0 Å². The Morgan fingerprint density at radius 2 is 0.449 bits per heavy atom. The van der Waals surface area contributed by atoms with Gasteiger partial charge in [-0.05, 0) is 50.1 Å². The summed E-state index contributed by atoms with van der Waals surface area (Å²) in [5.74, 6) is 0. The quantitative estimate of drug-likeness (QED) is 0.0599. The average molecular weight is 907 g/mol. The van der Waals surface area contributed by atoms with E-state index in [0.717, 1.165) is 50.1 Å². The van der Waals surface area contributed by atoms with Crippen molar-refractivity contribution in [2.24, 2.45) is 0 Å². The minimum Gasteiger partial charge on any atom is -0.368 e. The SMILES string of the molecule is c1ccc(COC([C@H](COC(c2ccccc2)(c2ccccc2)c2ccccc2)OCc2ccccc2)[C@H](COC(c2ccccc2)(c2ccccc2)c2ccccc2)OCc2ccccc2)cc1. The number of hydrogen-bond donors (Lipinski definition) is 0. The second kappa shape index (κ2) is 23.7. The Morgan fingerprint density at radius 1 is 0.246 bits per heavy atom. The minimum atomic E-state index is -1.03. The normalized spacial score (nSPS) is 12.7. The zero-order valence-electron chi connectivity index (χ0n) is 38.8. The van der Waals surface area contributed by atoms with Crippen LogP contribution in [0.1, 0.15) is 50.1 Å². The van der Waals surface area contributed by atoms with Gasteiger partial charge in [0.15, 0.2) is 0 Å². The van der Waals surface area contributed by atoms with Crippen molar-refractivity contribution in [3.63, 3.8) is 0 Å². The Kier molecular flexibility index (Phi) is 16.1. The van der Waals surface area contributed by atoms with Gasteiger partial charge in [-0.1, -0.05) is 273 Å². The Bertz CT molecular complexity index is 2450. The van der Waals surface area contributed by atoms with Crippen molar-refractivity contribution in [2.45, 2.75) is 49.3 Å². The first kappa shape index (κ1) is 46.9. The Hall–Kier alpha value is -7.22. The molecule has 0 saturated heterocycles. The second-order valence-corrected chi connectivity index (χ2v) is 17.1. The van der Waals surface area contributed by atoms with E-state index in [1.165, 1.54) is 0 Å². The van der Waals surface area contributed by atoms with E-state index in [-0.39, 0.29) is 13.2 Å². The summed E-state index contributed by atoms with van der Waals surface area (Å²) in [5.41, 5.74) is 6.96. The maximum absolute atomic E-state index is 7.64. The van der Waals surface area contributed by atoms with Crippen LogP contribution in [-0.4, -0.2) is 31.5 Å². The van der Waals surface area contributed by atoms with E-state index in [1.54, 1.807) is 0 Å². The van der Waals surface area contributed by atoms with Crippen molar-refractivity contribution in [3.05, 3.63) is 323 Å². The molecule has 0 spiro atoms. The van der Waals surface area contributed by atoms with Crippen LogP contribution in [0.5, 0.6) is 0 Å². The fourth-order valence-electron chi connectivity index (χ4n) is 9.20. The van der Waals surface area contributed by atoms with Gasteiger partial charge in [-0.25, -0.2) is 0 Å². The number of ether oxygens (including phenoxy) is 5. The Labute approximate surface area is 407 Å². The third-order valence-corrected chi connectivity index (χ3v) is 12.6. The summed E-state index contributed by atoms with van der Waals surface area (Å²) >= 11 is 0. The maximum atomic E-state index is 7.64. The predicted octanol–water partition coefficient (Wildman–Crippen LogP) is 13.8. The largest absolute Gasteiger partial charge is 0.368 e. The Morgan fingerprint density at radius 3 is 0.681 bits per heavy atom. The topological polar surface area (TPSA) is 46.2 Å². The van der Waals surface area contributed by atoms with Crippen LogP contribution in [0.4, 0.5) is 0 Å². The molecule has 2 atom stereocenters. The highest BCUT2D eigenvalue weighted by atomic mass is 16.6. The van der Waals surface area contributed by atoms with Gasteiger partial charge in [-0.15, -0.1) is 0 Å². The fourth-order valence-corrected chi connectivity index (χ4v) is 9.20. The second-order valence-electron chi connectivity index (χ2n) is 17.1. The van der Waals surface area contributed by atoms with Crippen LogP contribution in [0.25, 0.3) is 0 Å². The molecule has 0 aromatic heterocycles. The van der Waals surface area contributed by atoms with E-state index >= 15 is 0 Å². The van der Waals surface area contributed by atoms with Gasteiger partial charge in [0.25, 0.3) is 0 Å². The summed E-state index contributed by atoms with van der Waals surface area (Å²) in [6.45, 7) is 1.16. The van der Waals surface area contributed by atoms with Gasteiger partial charge in [0.2, 0.25) is 0 Å². The van der Waals surface area contributed by atoms with Gasteiger partial charge in [0, 0.05) is 0 Å². The summed E-state index contributed by atoms with van der Waals surface area (Å²) in [6.07, 6.45) is -2.10. The van der Waals surface area contributed by atoms with Crippen LogP contribution in [0.2, 0.25) is 0 Å². The molecule has 0 fully saturated rings. The zero-order valence-corrected chi connectivity index (χ0v) is 38.8. The molecule has 69 heavy (non-hydrogen) atoms. The molecule has 5 heteroatoms. The van der Waals surface area contributed by atoms with Crippen LogP contribution < -0.4 is 0 Å². The molecule has 0 saturated carbocycles. The summed E-state index contributed by atoms with van der Waals surface area (Å²) in [7, 11) is 0. The molecule has 0 amide bonds. The smallest absolute Gasteiger partial charge is 0.143 e. The van der Waals surface area contributed by atoms with E-state index in [0.29, 0.717) is 19.8 Å². The predicted molar refractivity (Wildman–Crippen MR) is 275 cm³/mol. The molecule has 0 radical (unpaired) electrons. The molecule has 0 aliphatic carbocycles. The van der Waals surface area contributed by atoms with Gasteiger partial charge in [0.05, 0.1) is 33.0 Å². The van der Waals surface area contributed by atoms with Crippen LogP contribution in [0, 0.1) is 0 Å². The van der Waals surface area contributed by atoms with Crippen LogP contribution in [0.15, 0.2) is 273 Å². The van der Waals surface area contributed by atoms with Crippen molar-refractivity contribution >= 4 is 0 Å². The lowest BCUT2D eigenvalue weighted by atomic mass is 9.80. The van der Waals surface area contributed by atoms with Gasteiger partial charge in [0.1, 0.15) is 29.5 Å². The van der Waals surface area contributed by atoms with E-state index in [2.05, 4.69) is 182 Å². The molecule has 344 valence electrons. The fraction of sp³-hybridized carbons (Fsp3) is 0.156. The summed E-state index contributed by atoms with van der Waals surface area (Å²) < 4.78 is 37.0. The van der Waals surface area contributed by atoms with Crippen LogP contribution in [0.3, 0.4) is 0 Å². The lowest BCUT2D eigenvalue weighted by Gasteiger charge is -2.41. The van der Waals surface area contributed by atoms with E-state index in [1.807, 2.05) is 91.0 Å². The first-order valence-corrected chi connectivity index (χ1v) is 23.8. The van der Waals surface area contributed by atoms with Crippen LogP contribution >= 0.6 is 0 Å². The molecule has 9 aromatic rings. The van der Waals surface area contributed by atoms with Crippen molar-refractivity contribution in [2.75, 3.05) is 13.2 Å². The van der Waals surface area contributed by atoms with Gasteiger partial charge >= 0.3 is 0 Å². The number of benzene rings is 9. The maximum Gasteiger partial charge on any atom is 0.143 e. The first-order valence-electron chi connectivity index (χ1n) is 23.8. The average Bonchev–Trinajstić information content (AvgIpc) is 3.44. The molecule has 0 N–H and O–H groups in total. The molecule has 0 aliphatic heterocycles. The highest BCUT2D eigenvalue weighted by Gasteiger charge is 2.43. The van der Waals surface area contributed by atoms with Crippen molar-refractivity contribution < 1.29 is 23.7 Å². The Balaban J connectivity index is 1.19. The molecule has 9 aromatic carbocycles. The van der Waals surface area contributed by atoms with E-state index < -0.39 is 29.5 Å². The molecule has 0 unspecified atom stereocenters. The molecule has 9 rings (SSSR count). The summed E-state index contributed by atoms with van der Waals surface area (Å²) in [4.78, 5) is 0. The van der Waals surface area contributed by atoms with Gasteiger partial charge in [-0.2, -0.15) is 0 Å². The zero-order chi connectivity index (χ0) is 46.8. The van der Waals surface area contributed by atoms with Gasteiger partial charge < -0.3 is 23.7 Å². The van der Waals surface area contributed by atoms with Crippen molar-refractivity contribution in [3.8, 4) is 0 Å². The molecule has 0 heterocycles. The third kappa shape index (κ3) is 11.4. The summed E-state index contributed by atoms with van der Waals surface area (Å²) in [5, 5.41) is 0. The monoisotopic (exact) mass is 906 g/mol. The third-order valence-electron chi connectivity index (χ3n) is 12.6. The minimum absolute atomic E-state index is 0.122. The lowest BCUT2D eigenvalue weighted by molar-refractivity contribution is -0.193. The van der Waals surface area contributed by atoms with Crippen LogP contribution in [-0.2, 0) is 54.7 Å². The molecular weight excluding hydrogens is 849 g/mol. The molecular formula is C64H58O5. The van der Waals surface area contributed by atoms with E-state index in [4.69, 9.17) is 23.7 Å². The van der Waals surface area contributed by atoms with Crippen molar-refractivity contribution in [1.29, 1.82) is 0 Å². The molecule has 5 nitrogen and oxygen atoms in total. The highest BCUT2D eigenvalue weighted by Crippen LogP contribution is 2.43.